The first-order chi connectivity index (χ1) is 8.63. The van der Waals surface area contributed by atoms with Crippen LogP contribution in [0.1, 0.15) is 36.8 Å². The molecular weight excluding hydrogens is 266 g/mol. The van der Waals surface area contributed by atoms with Crippen LogP contribution < -0.4 is 5.32 Å². The third-order valence-electron chi connectivity index (χ3n) is 3.79. The average molecular weight is 286 g/mol. The molecule has 1 N–H and O–H groups in total. The van der Waals surface area contributed by atoms with E-state index in [1.54, 1.807) is 0 Å². The van der Waals surface area contributed by atoms with Gasteiger partial charge >= 0.3 is 0 Å². The second-order valence-corrected chi connectivity index (χ2v) is 6.33. The largest absolute Gasteiger partial charge is 0.365 e. The minimum absolute atomic E-state index is 0.502. The maximum atomic E-state index is 5.98. The lowest BCUT2D eigenvalue weighted by Gasteiger charge is -2.31. The molecule has 1 fully saturated rings. The Bertz CT molecular complexity index is 425. The van der Waals surface area contributed by atoms with Crippen molar-refractivity contribution in [2.24, 2.45) is 0 Å². The Hall–Kier alpha value is -0.480. The summed E-state index contributed by atoms with van der Waals surface area (Å²) in [6.07, 6.45) is 7.34. The van der Waals surface area contributed by atoms with Crippen LogP contribution in [0.4, 0.5) is 5.82 Å². The molecule has 0 aromatic carbocycles. The molecule has 1 aromatic heterocycles. The maximum Gasteiger partial charge on any atom is 0.155 e. The lowest BCUT2D eigenvalue weighted by atomic mass is 9.94. The quantitative estimate of drug-likeness (QED) is 0.916. The molecule has 0 aliphatic heterocycles. The molecule has 0 bridgehead atoms. The first-order valence-corrected chi connectivity index (χ1v) is 8.08. The van der Waals surface area contributed by atoms with Gasteiger partial charge in [-0.05, 0) is 44.1 Å². The Morgan fingerprint density at radius 3 is 2.61 bits per heavy atom. The molecule has 0 spiro atoms. The molecular formula is C13H20ClN3S. The Morgan fingerprint density at radius 2 is 1.89 bits per heavy atom. The molecule has 1 aliphatic rings. The van der Waals surface area contributed by atoms with Crippen LogP contribution in [0.15, 0.2) is 0 Å². The first-order valence-electron chi connectivity index (χ1n) is 6.42. The molecule has 2 unspecified atom stereocenters. The van der Waals surface area contributed by atoms with Crippen molar-refractivity contribution in [2.75, 3.05) is 11.6 Å². The Labute approximate surface area is 118 Å². The van der Waals surface area contributed by atoms with Gasteiger partial charge in [0.15, 0.2) is 11.0 Å². The zero-order valence-electron chi connectivity index (χ0n) is 11.2. The molecule has 1 aliphatic carbocycles. The molecule has 1 heterocycles. The number of nitrogens with zero attached hydrogens (tertiary/aromatic N) is 2. The second kappa shape index (κ2) is 6.11. The van der Waals surface area contributed by atoms with Crippen LogP contribution in [0.3, 0.4) is 0 Å². The number of anilines is 1. The smallest absolute Gasteiger partial charge is 0.155 e. The average Bonchev–Trinajstić information content (AvgIpc) is 2.40. The SMILES string of the molecule is CSC1CCCCC1Nc1nnc(Cl)c(C)c1C. The van der Waals surface area contributed by atoms with Gasteiger partial charge in [0.05, 0.1) is 0 Å². The summed E-state index contributed by atoms with van der Waals surface area (Å²) in [5.74, 6) is 0.892. The highest BCUT2D eigenvalue weighted by Gasteiger charge is 2.25. The van der Waals surface area contributed by atoms with Crippen LogP contribution in [0.5, 0.6) is 0 Å². The normalized spacial score (nSPS) is 24.0. The van der Waals surface area contributed by atoms with Crippen molar-refractivity contribution in [1.82, 2.24) is 10.2 Å². The van der Waals surface area contributed by atoms with Crippen molar-refractivity contribution in [3.05, 3.63) is 16.3 Å². The number of aromatic nitrogens is 2. The summed E-state index contributed by atoms with van der Waals surface area (Å²) in [7, 11) is 0. The predicted molar refractivity (Wildman–Crippen MR) is 79.7 cm³/mol. The molecule has 0 saturated heterocycles. The maximum absolute atomic E-state index is 5.98. The number of thioether (sulfide) groups is 1. The Balaban J connectivity index is 2.15. The Kier molecular flexibility index (Phi) is 4.73. The van der Waals surface area contributed by atoms with E-state index in [2.05, 4.69) is 28.7 Å². The van der Waals surface area contributed by atoms with Gasteiger partial charge in [0.1, 0.15) is 0 Å². The molecule has 5 heteroatoms. The molecule has 3 nitrogen and oxygen atoms in total. The summed E-state index contributed by atoms with van der Waals surface area (Å²) in [6, 6.07) is 0.502. The van der Waals surface area contributed by atoms with Crippen LogP contribution in [0.25, 0.3) is 0 Å². The van der Waals surface area contributed by atoms with Gasteiger partial charge in [-0.1, -0.05) is 24.4 Å². The third kappa shape index (κ3) is 2.91. The van der Waals surface area contributed by atoms with E-state index < -0.39 is 0 Å². The number of hydrogen-bond donors (Lipinski definition) is 1. The van der Waals surface area contributed by atoms with Crippen LogP contribution in [-0.4, -0.2) is 27.7 Å². The summed E-state index contributed by atoms with van der Waals surface area (Å²) in [5.41, 5.74) is 2.13. The highest BCUT2D eigenvalue weighted by atomic mass is 35.5. The number of hydrogen-bond acceptors (Lipinski definition) is 4. The molecule has 0 amide bonds. The summed E-state index contributed by atoms with van der Waals surface area (Å²) >= 11 is 7.93. The van der Waals surface area contributed by atoms with Crippen LogP contribution in [0.2, 0.25) is 5.15 Å². The molecule has 1 saturated carbocycles. The van der Waals surface area contributed by atoms with Gasteiger partial charge in [-0.2, -0.15) is 11.8 Å². The summed E-state index contributed by atoms with van der Waals surface area (Å²) in [5, 5.41) is 12.9. The van der Waals surface area contributed by atoms with Crippen molar-refractivity contribution in [2.45, 2.75) is 50.8 Å². The zero-order valence-corrected chi connectivity index (χ0v) is 12.7. The second-order valence-electron chi connectivity index (χ2n) is 4.90. The topological polar surface area (TPSA) is 37.8 Å². The molecule has 0 radical (unpaired) electrons. The van der Waals surface area contributed by atoms with Gasteiger partial charge in [0, 0.05) is 11.3 Å². The Morgan fingerprint density at radius 1 is 1.17 bits per heavy atom. The fraction of sp³-hybridized carbons (Fsp3) is 0.692. The van der Waals surface area contributed by atoms with Gasteiger partial charge in [0.2, 0.25) is 0 Å². The van der Waals surface area contributed by atoms with Crippen molar-refractivity contribution >= 4 is 29.2 Å². The lowest BCUT2D eigenvalue weighted by molar-refractivity contribution is 0.473. The monoisotopic (exact) mass is 285 g/mol. The summed E-state index contributed by atoms with van der Waals surface area (Å²) in [6.45, 7) is 4.04. The molecule has 2 atom stereocenters. The molecule has 100 valence electrons. The third-order valence-corrected chi connectivity index (χ3v) is 5.32. The fourth-order valence-electron chi connectivity index (χ4n) is 2.43. The van der Waals surface area contributed by atoms with E-state index in [-0.39, 0.29) is 0 Å². The van der Waals surface area contributed by atoms with Gasteiger partial charge in [0.25, 0.3) is 0 Å². The van der Waals surface area contributed by atoms with Crippen molar-refractivity contribution < 1.29 is 0 Å². The summed E-state index contributed by atoms with van der Waals surface area (Å²) in [4.78, 5) is 0. The van der Waals surface area contributed by atoms with Crippen molar-refractivity contribution in [1.29, 1.82) is 0 Å². The van der Waals surface area contributed by atoms with E-state index in [1.165, 1.54) is 25.7 Å². The standard InChI is InChI=1S/C13H20ClN3S/c1-8-9(2)13(17-16-12(8)14)15-10-6-4-5-7-11(10)18-3/h10-11H,4-7H2,1-3H3,(H,15,17). The first kappa shape index (κ1) is 13.9. The highest BCUT2D eigenvalue weighted by molar-refractivity contribution is 7.99. The lowest BCUT2D eigenvalue weighted by Crippen LogP contribution is -2.35. The van der Waals surface area contributed by atoms with Gasteiger partial charge in [-0.15, -0.1) is 10.2 Å². The zero-order chi connectivity index (χ0) is 13.1. The van der Waals surface area contributed by atoms with E-state index >= 15 is 0 Å². The number of halogens is 1. The molecule has 2 rings (SSSR count). The van der Waals surface area contributed by atoms with Crippen LogP contribution in [-0.2, 0) is 0 Å². The number of rotatable bonds is 3. The van der Waals surface area contributed by atoms with Crippen molar-refractivity contribution in [3.63, 3.8) is 0 Å². The van der Waals surface area contributed by atoms with E-state index in [0.29, 0.717) is 16.4 Å². The fourth-order valence-corrected chi connectivity index (χ4v) is 3.55. The molecule has 18 heavy (non-hydrogen) atoms. The van der Waals surface area contributed by atoms with E-state index in [1.807, 2.05) is 18.7 Å². The van der Waals surface area contributed by atoms with E-state index in [0.717, 1.165) is 16.9 Å². The van der Waals surface area contributed by atoms with Gasteiger partial charge < -0.3 is 5.32 Å². The minimum atomic E-state index is 0.502. The van der Waals surface area contributed by atoms with Crippen molar-refractivity contribution in [3.8, 4) is 0 Å². The van der Waals surface area contributed by atoms with E-state index in [9.17, 15) is 0 Å². The van der Waals surface area contributed by atoms with Gasteiger partial charge in [-0.3, -0.25) is 0 Å². The van der Waals surface area contributed by atoms with Crippen LogP contribution in [0, 0.1) is 13.8 Å². The van der Waals surface area contributed by atoms with Gasteiger partial charge in [-0.25, -0.2) is 0 Å². The molecule has 1 aromatic rings. The minimum Gasteiger partial charge on any atom is -0.365 e. The highest BCUT2D eigenvalue weighted by Crippen LogP contribution is 2.30. The summed E-state index contributed by atoms with van der Waals surface area (Å²) < 4.78 is 0. The predicted octanol–water partition coefficient (Wildman–Crippen LogP) is 3.83. The van der Waals surface area contributed by atoms with E-state index in [4.69, 9.17) is 11.6 Å². The van der Waals surface area contributed by atoms with Crippen LogP contribution >= 0.6 is 23.4 Å². The number of nitrogens with one attached hydrogen (secondary N) is 1.